The Hall–Kier alpha value is -7.69. The van der Waals surface area contributed by atoms with Crippen LogP contribution in [0.3, 0.4) is 0 Å². The van der Waals surface area contributed by atoms with Crippen molar-refractivity contribution in [3.63, 3.8) is 0 Å². The molecule has 2 fully saturated rings. The van der Waals surface area contributed by atoms with Gasteiger partial charge in [0.25, 0.3) is 0 Å². The van der Waals surface area contributed by atoms with E-state index in [1.807, 2.05) is 195 Å². The van der Waals surface area contributed by atoms with Gasteiger partial charge in [0, 0.05) is 92.8 Å². The molecule has 20 nitrogen and oxygen atoms in total. The quantitative estimate of drug-likeness (QED) is 0.0549. The van der Waals surface area contributed by atoms with Crippen LogP contribution in [-0.2, 0) is 62.2 Å². The summed E-state index contributed by atoms with van der Waals surface area (Å²) in [6, 6.07) is 2.11. The molecule has 2 aliphatic heterocycles. The van der Waals surface area contributed by atoms with Crippen molar-refractivity contribution in [2.45, 2.75) is 371 Å². The summed E-state index contributed by atoms with van der Waals surface area (Å²) in [6.07, 6.45) is 21.4. The van der Waals surface area contributed by atoms with Crippen LogP contribution in [-0.4, -0.2) is 133 Å². The lowest BCUT2D eigenvalue weighted by atomic mass is 9.82. The Morgan fingerprint density at radius 3 is 1.18 bits per heavy atom. The molecule has 23 heteroatoms. The van der Waals surface area contributed by atoms with Crippen LogP contribution in [0.25, 0.3) is 0 Å². The molecular formula is C88H148F3N7O13. The zero-order valence-corrected chi connectivity index (χ0v) is 75.2. The number of nitriles is 1. The van der Waals surface area contributed by atoms with Gasteiger partial charge in [0.15, 0.2) is 5.78 Å². The molecule has 0 aromatic carbocycles. The van der Waals surface area contributed by atoms with Crippen LogP contribution in [0.1, 0.15) is 332 Å². The van der Waals surface area contributed by atoms with Crippen LogP contribution in [0.2, 0.25) is 0 Å². The number of carbonyl (C=O) groups is 11. The number of Topliss-reactive ketones (excluding diaryl/α,β-unsaturated/α-hetero) is 3. The summed E-state index contributed by atoms with van der Waals surface area (Å²) in [4.78, 5) is 127. The second-order valence-corrected chi connectivity index (χ2v) is 38.8. The molecule has 0 bridgehead atoms. The van der Waals surface area contributed by atoms with Crippen LogP contribution in [0.4, 0.5) is 13.2 Å². The lowest BCUT2D eigenvalue weighted by Crippen LogP contribution is -2.46. The number of nitrogens with one attached hydrogen (secondary N) is 4. The topological polar surface area (TPSA) is 285 Å². The molecule has 4 aliphatic carbocycles. The number of hydrogen-bond acceptors (Lipinski definition) is 14. The molecule has 2 saturated carbocycles. The van der Waals surface area contributed by atoms with Gasteiger partial charge >= 0.3 is 11.9 Å². The predicted octanol–water partition coefficient (Wildman–Crippen LogP) is 18.1. The number of allylic oxidation sites excluding steroid dienone is 3. The maximum Gasteiger partial charge on any atom is 0.319 e. The van der Waals surface area contributed by atoms with Gasteiger partial charge in [0.2, 0.25) is 41.2 Å². The van der Waals surface area contributed by atoms with Crippen LogP contribution < -0.4 is 21.3 Å². The fraction of sp³-hybridized carbons (Fsp3) is 0.727. The van der Waals surface area contributed by atoms with Crippen LogP contribution >= 0.6 is 0 Å². The second kappa shape index (κ2) is 46.5. The molecule has 0 spiro atoms. The van der Waals surface area contributed by atoms with Gasteiger partial charge in [-0.2, -0.15) is 5.26 Å². The largest absolute Gasteiger partial charge is 0.464 e. The minimum atomic E-state index is -0.773. The van der Waals surface area contributed by atoms with Gasteiger partial charge in [-0.05, 0) is 261 Å². The van der Waals surface area contributed by atoms with Crippen molar-refractivity contribution in [2.75, 3.05) is 19.7 Å². The molecule has 0 aromatic heterocycles. The van der Waals surface area contributed by atoms with Gasteiger partial charge in [-0.15, -0.1) is 6.42 Å². The van der Waals surface area contributed by atoms with Crippen molar-refractivity contribution in [3.8, 4) is 18.4 Å². The Balaban J connectivity index is -0.000000576. The summed E-state index contributed by atoms with van der Waals surface area (Å²) in [5.41, 5.74) is -2.64. The van der Waals surface area contributed by atoms with Crippen molar-refractivity contribution in [1.29, 1.82) is 5.26 Å². The highest BCUT2D eigenvalue weighted by molar-refractivity contribution is 6.05. The zero-order valence-electron chi connectivity index (χ0n) is 75.2. The summed E-state index contributed by atoms with van der Waals surface area (Å²) >= 11 is 0. The van der Waals surface area contributed by atoms with Crippen molar-refractivity contribution >= 4 is 64.7 Å². The molecule has 0 radical (unpaired) electrons. The number of esters is 2. The van der Waals surface area contributed by atoms with Crippen molar-refractivity contribution in [2.24, 2.45) is 27.1 Å². The van der Waals surface area contributed by atoms with E-state index in [2.05, 4.69) is 54.0 Å². The van der Waals surface area contributed by atoms with E-state index in [0.717, 1.165) is 51.6 Å². The molecule has 6 rings (SSSR count). The van der Waals surface area contributed by atoms with E-state index in [0.29, 0.717) is 69.1 Å². The number of ether oxygens (including phenoxy) is 2. The fourth-order valence-corrected chi connectivity index (χ4v) is 9.38. The van der Waals surface area contributed by atoms with Gasteiger partial charge in [0.1, 0.15) is 39.7 Å². The Morgan fingerprint density at radius 2 is 0.955 bits per heavy atom. The number of hydrogen-bond donors (Lipinski definition) is 4. The molecule has 4 N–H and O–H groups in total. The first-order valence-corrected chi connectivity index (χ1v) is 38.9. The fourth-order valence-electron chi connectivity index (χ4n) is 9.38. The standard InChI is InChI=1S/C11H18FNO.C11H18O3.C10H16FNO.C9H16FNO.C9H13NO.C9H15NO.C8H13NO.C7H15NO.C7H14O2.C7H10O/c1-11(2,3)13-10(14)8-6-4-5-7-9(8)12;1-8(12)11(5-6-11)9(13)14-7-10(2,3)4;1-10(2,3)12-9(13)7-5-4-6-8(7)11;1-6(7(2)10)8(12)11-9(3,4)5;1-8(2,3)7(11)9(6-10)4-5-9;1-9(2,3)10-7-5-4-6-8(10)11;1-8(2,3)9-6-4-5-7(9)10;1-5-6(9)8-7(2,3)4;1-5-6(8)9-7(2,3)4;1-5-6(8)7(2,3)4/h4-7H2,1-3H3,(H,13,14);5-7H2,1-4H3;4-6H2,1-3H3,(H,12,13);1-5H3,(H,11,12);4-5H2,1-3H3;4,6H,5,7H2,1-3H3;4-5H,6H2,1-3H3;5H2,1-4H3,(H,8,9);5H2,1-4H3;1H,2-4H3/b;;;7-6-;;;;;;. The normalized spacial score (nSPS) is 16.4. The first-order chi connectivity index (χ1) is 49.7. The lowest BCUT2D eigenvalue weighted by Gasteiger charge is -2.36. The number of ketones is 3. The van der Waals surface area contributed by atoms with Crippen LogP contribution in [0.5, 0.6) is 0 Å². The average molecular weight is 1570 g/mol. The van der Waals surface area contributed by atoms with E-state index in [9.17, 15) is 65.9 Å². The summed E-state index contributed by atoms with van der Waals surface area (Å²) in [6.45, 7) is 67.5. The third kappa shape index (κ3) is 50.8. The first-order valence-electron chi connectivity index (χ1n) is 38.9. The van der Waals surface area contributed by atoms with Crippen LogP contribution in [0.15, 0.2) is 58.5 Å². The minimum absolute atomic E-state index is 0.0259. The molecule has 111 heavy (non-hydrogen) atoms. The lowest BCUT2D eigenvalue weighted by molar-refractivity contribution is -0.156. The number of carbonyl (C=O) groups excluding carboxylic acids is 11. The molecule has 0 atom stereocenters. The third-order valence-corrected chi connectivity index (χ3v) is 15.8. The Kier molecular flexibility index (Phi) is 45.9. The molecule has 634 valence electrons. The molecule has 6 aliphatic rings. The molecule has 6 amide bonds. The van der Waals surface area contributed by atoms with Crippen molar-refractivity contribution in [1.82, 2.24) is 31.1 Å². The molecule has 2 heterocycles. The number of halogens is 3. The van der Waals surface area contributed by atoms with Gasteiger partial charge in [-0.1, -0.05) is 88.3 Å². The molecule has 0 aromatic rings. The van der Waals surface area contributed by atoms with Gasteiger partial charge in [-0.3, -0.25) is 52.7 Å². The number of amides is 6. The number of terminal acetylenes is 1. The van der Waals surface area contributed by atoms with Gasteiger partial charge < -0.3 is 40.5 Å². The minimum Gasteiger partial charge on any atom is -0.464 e. The smallest absolute Gasteiger partial charge is 0.319 e. The van der Waals surface area contributed by atoms with E-state index >= 15 is 0 Å². The van der Waals surface area contributed by atoms with Gasteiger partial charge in [-0.25, -0.2) is 13.2 Å². The Bertz CT molecular complexity index is 3340. The van der Waals surface area contributed by atoms with E-state index in [1.54, 1.807) is 39.8 Å². The second-order valence-electron chi connectivity index (χ2n) is 38.8. The molecule has 0 unspecified atom stereocenters. The summed E-state index contributed by atoms with van der Waals surface area (Å²) in [7, 11) is 0. The van der Waals surface area contributed by atoms with E-state index in [-0.39, 0.29) is 137 Å². The highest BCUT2D eigenvalue weighted by Gasteiger charge is 2.56. The van der Waals surface area contributed by atoms with E-state index < -0.39 is 16.7 Å². The van der Waals surface area contributed by atoms with Crippen LogP contribution in [0, 0.1) is 50.7 Å². The van der Waals surface area contributed by atoms with E-state index in [4.69, 9.17) is 21.2 Å². The van der Waals surface area contributed by atoms with Gasteiger partial charge in [0.05, 0.1) is 12.7 Å². The average Bonchev–Trinajstić information content (AvgIpc) is 1.63. The van der Waals surface area contributed by atoms with E-state index in [1.165, 1.54) is 20.8 Å². The SMILES string of the molecule is C#CC(=O)C(C)(C)C.C/C(F)=C(\C)C(=O)NC(C)(C)C.CC(=O)C1(C(=O)OCC(C)(C)C)CC1.CC(C)(C)C(=O)C1(C#N)CC1.CC(C)(C)N1CC=CC1=O.CC(C)(C)N1CCC=CC1=O.CC(C)(C)NC(=O)C1=C(F)CCC1.CC(C)(C)NC(=O)C1=C(F)CCCC1.CCC(=O)NC(C)(C)C.CCC(=O)OC(C)(C)C. The summed E-state index contributed by atoms with van der Waals surface area (Å²) in [5, 5.41) is 19.7. The van der Waals surface area contributed by atoms with Crippen molar-refractivity contribution < 1.29 is 75.4 Å². The van der Waals surface area contributed by atoms with Crippen molar-refractivity contribution in [3.05, 3.63) is 58.5 Å². The highest BCUT2D eigenvalue weighted by atomic mass is 19.1. The number of rotatable bonds is 9. The molecular weight excluding hydrogens is 1420 g/mol. The maximum absolute atomic E-state index is 13.3. The maximum atomic E-state index is 13.3. The zero-order chi connectivity index (χ0) is 88.5. The Labute approximate surface area is 668 Å². The predicted molar refractivity (Wildman–Crippen MR) is 440 cm³/mol. The monoisotopic (exact) mass is 1570 g/mol. The Morgan fingerprint density at radius 1 is 0.550 bits per heavy atom. The molecule has 0 saturated heterocycles. The summed E-state index contributed by atoms with van der Waals surface area (Å²) < 4.78 is 48.9. The third-order valence-electron chi connectivity index (χ3n) is 15.8. The highest BCUT2D eigenvalue weighted by Crippen LogP contribution is 2.50. The number of nitrogens with zero attached hydrogens (tertiary/aromatic N) is 3. The first kappa shape index (κ1) is 110. The summed E-state index contributed by atoms with van der Waals surface area (Å²) in [5.74, 6) is 0.162.